The first-order valence-corrected chi connectivity index (χ1v) is 6.65. The minimum Gasteiger partial charge on any atom is -0.380 e. The molecular weight excluding hydrogens is 332 g/mol. The topological polar surface area (TPSA) is 55.2 Å². The van der Waals surface area contributed by atoms with E-state index in [4.69, 9.17) is 11.6 Å². The molecular formula is C13H10BrClN2O2. The molecule has 2 aromatic carbocycles. The van der Waals surface area contributed by atoms with Crippen LogP contribution in [0.5, 0.6) is 0 Å². The molecule has 0 fully saturated rings. The first-order chi connectivity index (χ1) is 9.06. The molecule has 0 saturated carbocycles. The summed E-state index contributed by atoms with van der Waals surface area (Å²) in [4.78, 5) is 10.4. The van der Waals surface area contributed by atoms with Crippen LogP contribution in [0.3, 0.4) is 0 Å². The van der Waals surface area contributed by atoms with Crippen LogP contribution in [0, 0.1) is 10.1 Å². The van der Waals surface area contributed by atoms with Gasteiger partial charge in [-0.2, -0.15) is 0 Å². The lowest BCUT2D eigenvalue weighted by atomic mass is 10.2. The SMILES string of the molecule is O=[N+]([O-])c1cc(Br)cc(CNc2ccccc2Cl)c1. The second-order valence-corrected chi connectivity index (χ2v) is 5.23. The minimum absolute atomic E-state index is 0.0605. The Morgan fingerprint density at radius 1 is 1.26 bits per heavy atom. The number of nitrogens with zero attached hydrogens (tertiary/aromatic N) is 1. The third kappa shape index (κ3) is 3.68. The van der Waals surface area contributed by atoms with Crippen molar-refractivity contribution in [2.75, 3.05) is 5.32 Å². The number of nitro benzene ring substituents is 1. The number of hydrogen-bond acceptors (Lipinski definition) is 3. The monoisotopic (exact) mass is 340 g/mol. The van der Waals surface area contributed by atoms with Crippen molar-refractivity contribution >= 4 is 38.9 Å². The zero-order valence-electron chi connectivity index (χ0n) is 9.77. The lowest BCUT2D eigenvalue weighted by Crippen LogP contribution is -2.01. The predicted octanol–water partition coefficient (Wildman–Crippen LogP) is 4.62. The summed E-state index contributed by atoms with van der Waals surface area (Å²) in [7, 11) is 0. The van der Waals surface area contributed by atoms with E-state index in [2.05, 4.69) is 21.2 Å². The number of hydrogen-bond donors (Lipinski definition) is 1. The molecule has 1 N–H and O–H groups in total. The van der Waals surface area contributed by atoms with Crippen LogP contribution < -0.4 is 5.32 Å². The normalized spacial score (nSPS) is 10.2. The highest BCUT2D eigenvalue weighted by atomic mass is 79.9. The van der Waals surface area contributed by atoms with Gasteiger partial charge in [0, 0.05) is 23.2 Å². The van der Waals surface area contributed by atoms with Crippen molar-refractivity contribution in [1.82, 2.24) is 0 Å². The number of non-ortho nitro benzene ring substituents is 1. The van der Waals surface area contributed by atoms with Gasteiger partial charge >= 0.3 is 0 Å². The van der Waals surface area contributed by atoms with Crippen LogP contribution in [0.4, 0.5) is 11.4 Å². The number of nitrogens with one attached hydrogen (secondary N) is 1. The maximum absolute atomic E-state index is 10.8. The average molecular weight is 342 g/mol. The van der Waals surface area contributed by atoms with Gasteiger partial charge in [0.25, 0.3) is 5.69 Å². The van der Waals surface area contributed by atoms with Crippen molar-refractivity contribution in [2.24, 2.45) is 0 Å². The molecule has 0 spiro atoms. The molecule has 0 aromatic heterocycles. The highest BCUT2D eigenvalue weighted by molar-refractivity contribution is 9.10. The predicted molar refractivity (Wildman–Crippen MR) is 79.6 cm³/mol. The van der Waals surface area contributed by atoms with Crippen molar-refractivity contribution in [1.29, 1.82) is 0 Å². The number of para-hydroxylation sites is 1. The van der Waals surface area contributed by atoms with E-state index in [1.807, 2.05) is 24.3 Å². The van der Waals surface area contributed by atoms with E-state index in [1.165, 1.54) is 12.1 Å². The molecule has 0 radical (unpaired) electrons. The molecule has 0 bridgehead atoms. The van der Waals surface area contributed by atoms with Crippen LogP contribution in [-0.2, 0) is 6.54 Å². The highest BCUT2D eigenvalue weighted by Gasteiger charge is 2.08. The first-order valence-electron chi connectivity index (χ1n) is 5.48. The van der Waals surface area contributed by atoms with Crippen LogP contribution in [0.25, 0.3) is 0 Å². The van der Waals surface area contributed by atoms with Gasteiger partial charge < -0.3 is 5.32 Å². The molecule has 0 heterocycles. The summed E-state index contributed by atoms with van der Waals surface area (Å²) >= 11 is 9.29. The van der Waals surface area contributed by atoms with Gasteiger partial charge in [-0.05, 0) is 23.8 Å². The van der Waals surface area contributed by atoms with Gasteiger partial charge in [0.05, 0.1) is 15.6 Å². The molecule has 0 atom stereocenters. The third-order valence-electron chi connectivity index (χ3n) is 2.51. The Kier molecular flexibility index (Phi) is 4.39. The Hall–Kier alpha value is -1.59. The number of anilines is 1. The van der Waals surface area contributed by atoms with Gasteiger partial charge in [0.15, 0.2) is 0 Å². The van der Waals surface area contributed by atoms with Crippen LogP contribution in [0.1, 0.15) is 5.56 Å². The van der Waals surface area contributed by atoms with Crippen LogP contribution in [-0.4, -0.2) is 4.92 Å². The number of rotatable bonds is 4. The van der Waals surface area contributed by atoms with E-state index in [1.54, 1.807) is 6.07 Å². The van der Waals surface area contributed by atoms with Gasteiger partial charge in [0.2, 0.25) is 0 Å². The average Bonchev–Trinajstić information content (AvgIpc) is 2.37. The molecule has 0 amide bonds. The van der Waals surface area contributed by atoms with E-state index in [0.29, 0.717) is 16.0 Å². The molecule has 2 aromatic rings. The fourth-order valence-electron chi connectivity index (χ4n) is 1.64. The highest BCUT2D eigenvalue weighted by Crippen LogP contribution is 2.24. The van der Waals surface area contributed by atoms with Gasteiger partial charge in [0.1, 0.15) is 0 Å². The zero-order valence-corrected chi connectivity index (χ0v) is 12.1. The Balaban J connectivity index is 2.16. The summed E-state index contributed by atoms with van der Waals surface area (Å²) < 4.78 is 0.678. The summed E-state index contributed by atoms with van der Waals surface area (Å²) in [5.41, 5.74) is 1.66. The van der Waals surface area contributed by atoms with E-state index >= 15 is 0 Å². The molecule has 0 aliphatic heterocycles. The molecule has 98 valence electrons. The third-order valence-corrected chi connectivity index (χ3v) is 3.30. The molecule has 4 nitrogen and oxygen atoms in total. The molecule has 0 aliphatic carbocycles. The van der Waals surface area contributed by atoms with Gasteiger partial charge in [-0.3, -0.25) is 10.1 Å². The van der Waals surface area contributed by atoms with E-state index in [9.17, 15) is 10.1 Å². The largest absolute Gasteiger partial charge is 0.380 e. The maximum Gasteiger partial charge on any atom is 0.270 e. The second-order valence-electron chi connectivity index (χ2n) is 3.91. The van der Waals surface area contributed by atoms with Crippen LogP contribution >= 0.6 is 27.5 Å². The Bertz CT molecular complexity index is 619. The summed E-state index contributed by atoms with van der Waals surface area (Å²) in [5, 5.41) is 14.5. The summed E-state index contributed by atoms with van der Waals surface area (Å²) in [5.74, 6) is 0. The molecule has 6 heteroatoms. The fraction of sp³-hybridized carbons (Fsp3) is 0.0769. The number of benzene rings is 2. The lowest BCUT2D eigenvalue weighted by molar-refractivity contribution is -0.385. The van der Waals surface area contributed by atoms with E-state index < -0.39 is 4.92 Å². The standard InChI is InChI=1S/C13H10BrClN2O2/c14-10-5-9(6-11(7-10)17(18)19)8-16-13-4-2-1-3-12(13)15/h1-7,16H,8H2. The molecule has 0 unspecified atom stereocenters. The van der Waals surface area contributed by atoms with Gasteiger partial charge in [-0.15, -0.1) is 0 Å². The summed E-state index contributed by atoms with van der Waals surface area (Å²) in [6.07, 6.45) is 0. The Labute approximate surface area is 123 Å². The molecule has 19 heavy (non-hydrogen) atoms. The van der Waals surface area contributed by atoms with Gasteiger partial charge in [-0.1, -0.05) is 39.7 Å². The fourth-order valence-corrected chi connectivity index (χ4v) is 2.37. The van der Waals surface area contributed by atoms with Crippen molar-refractivity contribution in [3.8, 4) is 0 Å². The molecule has 0 saturated heterocycles. The van der Waals surface area contributed by atoms with Crippen LogP contribution in [0.2, 0.25) is 5.02 Å². The van der Waals surface area contributed by atoms with E-state index in [0.717, 1.165) is 11.3 Å². The molecule has 0 aliphatic rings. The van der Waals surface area contributed by atoms with Crippen molar-refractivity contribution in [3.63, 3.8) is 0 Å². The first kappa shape index (κ1) is 13.8. The smallest absolute Gasteiger partial charge is 0.270 e. The quantitative estimate of drug-likeness (QED) is 0.652. The summed E-state index contributed by atoms with van der Waals surface area (Å²) in [6.45, 7) is 0.462. The van der Waals surface area contributed by atoms with E-state index in [-0.39, 0.29) is 5.69 Å². The number of nitro groups is 1. The van der Waals surface area contributed by atoms with Crippen molar-refractivity contribution in [3.05, 3.63) is 67.6 Å². The zero-order chi connectivity index (χ0) is 13.8. The second kappa shape index (κ2) is 6.04. The van der Waals surface area contributed by atoms with Crippen LogP contribution in [0.15, 0.2) is 46.9 Å². The lowest BCUT2D eigenvalue weighted by Gasteiger charge is -2.08. The Morgan fingerprint density at radius 2 is 2.00 bits per heavy atom. The number of halogens is 2. The van der Waals surface area contributed by atoms with Crippen molar-refractivity contribution < 1.29 is 4.92 Å². The molecule has 2 rings (SSSR count). The van der Waals surface area contributed by atoms with Gasteiger partial charge in [-0.25, -0.2) is 0 Å². The summed E-state index contributed by atoms with van der Waals surface area (Å²) in [6, 6.07) is 12.2. The Morgan fingerprint density at radius 3 is 2.68 bits per heavy atom. The van der Waals surface area contributed by atoms with Crippen molar-refractivity contribution in [2.45, 2.75) is 6.54 Å². The maximum atomic E-state index is 10.8. The minimum atomic E-state index is -0.413.